The molecule has 0 radical (unpaired) electrons. The van der Waals surface area contributed by atoms with Gasteiger partial charge in [0.15, 0.2) is 0 Å². The number of hydrogen-bond donors (Lipinski definition) is 0. The molecule has 108 valence electrons. The van der Waals surface area contributed by atoms with Crippen LogP contribution in [-0.2, 0) is 12.8 Å². The Morgan fingerprint density at radius 1 is 0.522 bits per heavy atom. The highest BCUT2D eigenvalue weighted by Gasteiger charge is 2.25. The molecule has 0 bridgehead atoms. The number of fused-ring (bicyclic) bond motifs is 4. The Labute approximate surface area is 135 Å². The van der Waals surface area contributed by atoms with Crippen molar-refractivity contribution in [2.45, 2.75) is 19.3 Å². The minimum Gasteiger partial charge on any atom is -0.0616 e. The molecule has 2 aliphatic carbocycles. The van der Waals surface area contributed by atoms with Crippen molar-refractivity contribution < 1.29 is 0 Å². The summed E-state index contributed by atoms with van der Waals surface area (Å²) in [5.41, 5.74) is 8.78. The molecule has 0 nitrogen and oxygen atoms in total. The van der Waals surface area contributed by atoms with Crippen LogP contribution in [0.3, 0.4) is 0 Å². The molecule has 4 aromatic carbocycles. The van der Waals surface area contributed by atoms with Crippen LogP contribution >= 0.6 is 0 Å². The van der Waals surface area contributed by atoms with Crippen LogP contribution in [0.4, 0.5) is 0 Å². The van der Waals surface area contributed by atoms with Gasteiger partial charge in [0, 0.05) is 0 Å². The van der Waals surface area contributed by atoms with Crippen LogP contribution < -0.4 is 0 Å². The molecular formula is C23H16. The van der Waals surface area contributed by atoms with Crippen molar-refractivity contribution in [3.63, 3.8) is 0 Å². The maximum atomic E-state index is 2.38. The second kappa shape index (κ2) is 4.02. The van der Waals surface area contributed by atoms with Gasteiger partial charge in [-0.3, -0.25) is 0 Å². The summed E-state index contributed by atoms with van der Waals surface area (Å²) in [6.45, 7) is 0. The van der Waals surface area contributed by atoms with Gasteiger partial charge in [-0.25, -0.2) is 0 Å². The third-order valence-electron chi connectivity index (χ3n) is 5.69. The Bertz CT molecular complexity index is 1050. The lowest BCUT2D eigenvalue weighted by atomic mass is 9.86. The predicted octanol–water partition coefficient (Wildman–Crippen LogP) is 6.13. The topological polar surface area (TPSA) is 0 Å². The summed E-state index contributed by atoms with van der Waals surface area (Å²) in [6, 6.07) is 22.9. The highest BCUT2D eigenvalue weighted by atomic mass is 14.3. The van der Waals surface area contributed by atoms with Crippen LogP contribution in [0.5, 0.6) is 0 Å². The molecule has 0 heteroatoms. The first kappa shape index (κ1) is 11.9. The molecule has 0 aromatic heterocycles. The lowest BCUT2D eigenvalue weighted by Gasteiger charge is -2.18. The van der Waals surface area contributed by atoms with Crippen molar-refractivity contribution in [3.05, 3.63) is 71.8 Å². The fraction of sp³-hybridized carbons (Fsp3) is 0.130. The summed E-state index contributed by atoms with van der Waals surface area (Å²) < 4.78 is 0. The SMILES string of the molecule is c1ccc2cc3c(cc2c1)-c1ccc2c4c(ccc-3c14)CCC2. The molecule has 0 heterocycles. The molecule has 0 fully saturated rings. The van der Waals surface area contributed by atoms with Gasteiger partial charge < -0.3 is 0 Å². The minimum atomic E-state index is 1.23. The van der Waals surface area contributed by atoms with E-state index in [1.807, 2.05) is 0 Å². The molecule has 0 unspecified atom stereocenters. The number of aryl methyl sites for hydroxylation is 2. The standard InChI is InChI=1S/C23H16/c1-2-5-17-13-21-19-11-9-15-7-3-6-14-8-10-18(23(19)22(14)15)20(21)12-16(17)4-1/h1-2,4-5,8-13H,3,6-7H2. The molecule has 4 aromatic rings. The Morgan fingerprint density at radius 3 is 1.65 bits per heavy atom. The first-order chi connectivity index (χ1) is 11.4. The zero-order valence-electron chi connectivity index (χ0n) is 12.9. The van der Waals surface area contributed by atoms with E-state index in [1.165, 1.54) is 57.7 Å². The fourth-order valence-corrected chi connectivity index (χ4v) is 4.66. The molecule has 2 aliphatic rings. The summed E-state index contributed by atoms with van der Waals surface area (Å²) >= 11 is 0. The lowest BCUT2D eigenvalue weighted by molar-refractivity contribution is 0.808. The van der Waals surface area contributed by atoms with Crippen molar-refractivity contribution in [3.8, 4) is 22.3 Å². The maximum Gasteiger partial charge on any atom is -0.00208 e. The fourth-order valence-electron chi connectivity index (χ4n) is 4.66. The second-order valence-corrected chi connectivity index (χ2v) is 6.89. The maximum absolute atomic E-state index is 2.38. The summed E-state index contributed by atoms with van der Waals surface area (Å²) in [5, 5.41) is 5.73. The van der Waals surface area contributed by atoms with Crippen LogP contribution in [0.15, 0.2) is 60.7 Å². The third-order valence-corrected chi connectivity index (χ3v) is 5.69. The van der Waals surface area contributed by atoms with Crippen molar-refractivity contribution in [2.75, 3.05) is 0 Å². The largest absolute Gasteiger partial charge is 0.0616 e. The van der Waals surface area contributed by atoms with Gasteiger partial charge in [0.1, 0.15) is 0 Å². The summed E-state index contributed by atoms with van der Waals surface area (Å²) in [4.78, 5) is 0. The van der Waals surface area contributed by atoms with Crippen molar-refractivity contribution in [2.24, 2.45) is 0 Å². The molecule has 0 atom stereocenters. The van der Waals surface area contributed by atoms with E-state index in [-0.39, 0.29) is 0 Å². The third kappa shape index (κ3) is 1.42. The van der Waals surface area contributed by atoms with E-state index in [9.17, 15) is 0 Å². The average Bonchev–Trinajstić information content (AvgIpc) is 2.92. The summed E-state index contributed by atoms with van der Waals surface area (Å²) in [5.74, 6) is 0. The second-order valence-electron chi connectivity index (χ2n) is 6.89. The number of rotatable bonds is 0. The molecule has 0 saturated carbocycles. The molecule has 0 aliphatic heterocycles. The van der Waals surface area contributed by atoms with E-state index in [1.54, 1.807) is 16.5 Å². The number of benzene rings is 4. The van der Waals surface area contributed by atoms with Gasteiger partial charge in [-0.05, 0) is 86.3 Å². The first-order valence-electron chi connectivity index (χ1n) is 8.51. The minimum absolute atomic E-state index is 1.23. The van der Waals surface area contributed by atoms with Gasteiger partial charge >= 0.3 is 0 Å². The zero-order valence-corrected chi connectivity index (χ0v) is 12.9. The van der Waals surface area contributed by atoms with Gasteiger partial charge in [-0.2, -0.15) is 0 Å². The Morgan fingerprint density at radius 2 is 1.09 bits per heavy atom. The van der Waals surface area contributed by atoms with Crippen LogP contribution in [0.2, 0.25) is 0 Å². The summed E-state index contributed by atoms with van der Waals surface area (Å²) in [7, 11) is 0. The predicted molar refractivity (Wildman–Crippen MR) is 97.9 cm³/mol. The van der Waals surface area contributed by atoms with Crippen molar-refractivity contribution in [1.82, 2.24) is 0 Å². The zero-order chi connectivity index (χ0) is 15.0. The van der Waals surface area contributed by atoms with Crippen LogP contribution in [0.1, 0.15) is 17.5 Å². The van der Waals surface area contributed by atoms with E-state index >= 15 is 0 Å². The normalized spacial score (nSPS) is 14.4. The van der Waals surface area contributed by atoms with Crippen molar-refractivity contribution >= 4 is 21.5 Å². The molecule has 0 saturated heterocycles. The van der Waals surface area contributed by atoms with Gasteiger partial charge in [0.05, 0.1) is 0 Å². The molecule has 0 N–H and O–H groups in total. The molecule has 0 amide bonds. The van der Waals surface area contributed by atoms with Gasteiger partial charge in [-0.15, -0.1) is 0 Å². The Balaban J connectivity index is 1.82. The first-order valence-corrected chi connectivity index (χ1v) is 8.51. The quantitative estimate of drug-likeness (QED) is 0.322. The van der Waals surface area contributed by atoms with E-state index in [2.05, 4.69) is 60.7 Å². The smallest absolute Gasteiger partial charge is 0.00208 e. The van der Waals surface area contributed by atoms with E-state index in [4.69, 9.17) is 0 Å². The van der Waals surface area contributed by atoms with E-state index in [0.29, 0.717) is 0 Å². The monoisotopic (exact) mass is 292 g/mol. The highest BCUT2D eigenvalue weighted by Crippen LogP contribution is 2.50. The van der Waals surface area contributed by atoms with Gasteiger partial charge in [-0.1, -0.05) is 48.5 Å². The van der Waals surface area contributed by atoms with Gasteiger partial charge in [0.2, 0.25) is 0 Å². The Kier molecular flexibility index (Phi) is 2.08. The molecule has 23 heavy (non-hydrogen) atoms. The van der Waals surface area contributed by atoms with Crippen LogP contribution in [0, 0.1) is 0 Å². The molecular weight excluding hydrogens is 276 g/mol. The van der Waals surface area contributed by atoms with E-state index in [0.717, 1.165) is 0 Å². The van der Waals surface area contributed by atoms with Crippen LogP contribution in [0.25, 0.3) is 43.8 Å². The Hall–Kier alpha value is -2.60. The van der Waals surface area contributed by atoms with Gasteiger partial charge in [0.25, 0.3) is 0 Å². The molecule has 6 rings (SSSR count). The van der Waals surface area contributed by atoms with Crippen molar-refractivity contribution in [1.29, 1.82) is 0 Å². The van der Waals surface area contributed by atoms with E-state index < -0.39 is 0 Å². The number of hydrogen-bond acceptors (Lipinski definition) is 0. The average molecular weight is 292 g/mol. The summed E-state index contributed by atoms with van der Waals surface area (Å²) in [6.07, 6.45) is 3.74. The van der Waals surface area contributed by atoms with Crippen LogP contribution in [-0.4, -0.2) is 0 Å². The molecule has 0 spiro atoms. The highest BCUT2D eigenvalue weighted by molar-refractivity contribution is 6.18. The lowest BCUT2D eigenvalue weighted by Crippen LogP contribution is -2.01.